The third kappa shape index (κ3) is 3.05. The van der Waals surface area contributed by atoms with Crippen molar-refractivity contribution in [1.82, 2.24) is 4.98 Å². The molecule has 0 spiro atoms. The lowest BCUT2D eigenvalue weighted by molar-refractivity contribution is -0.387. The van der Waals surface area contributed by atoms with Crippen LogP contribution in [0.5, 0.6) is 11.6 Å². The Morgan fingerprint density at radius 1 is 1.42 bits per heavy atom. The van der Waals surface area contributed by atoms with E-state index in [1.54, 1.807) is 19.2 Å². The number of aryl methyl sites for hydroxylation is 1. The number of halogens is 2. The van der Waals surface area contributed by atoms with Crippen molar-refractivity contribution in [2.75, 3.05) is 0 Å². The molecule has 0 aliphatic heterocycles. The quantitative estimate of drug-likeness (QED) is 0.631. The summed E-state index contributed by atoms with van der Waals surface area (Å²) in [6, 6.07) is 5.13. The molecule has 2 aromatic rings. The first kappa shape index (κ1) is 13.4. The minimum absolute atomic E-state index is 0.154. The van der Waals surface area contributed by atoms with Crippen LogP contribution in [0.3, 0.4) is 0 Å². The van der Waals surface area contributed by atoms with Gasteiger partial charge in [0.1, 0.15) is 5.75 Å². The molecule has 0 amide bonds. The maximum atomic E-state index is 13.4. The normalized spacial score (nSPS) is 10.3. The first-order valence-electron chi connectivity index (χ1n) is 5.21. The highest BCUT2D eigenvalue weighted by molar-refractivity contribution is 9.10. The molecular formula is C12H8BrFN2O3. The van der Waals surface area contributed by atoms with Gasteiger partial charge in [0.15, 0.2) is 0 Å². The fraction of sp³-hybridized carbons (Fsp3) is 0.0833. The number of hydrogen-bond acceptors (Lipinski definition) is 4. The van der Waals surface area contributed by atoms with Crippen LogP contribution >= 0.6 is 15.9 Å². The van der Waals surface area contributed by atoms with Crippen molar-refractivity contribution >= 4 is 21.6 Å². The van der Waals surface area contributed by atoms with E-state index in [1.807, 2.05) is 0 Å². The van der Waals surface area contributed by atoms with E-state index in [0.29, 0.717) is 5.88 Å². The molecule has 1 aromatic heterocycles. The Hall–Kier alpha value is -2.02. The van der Waals surface area contributed by atoms with Crippen LogP contribution in [0.15, 0.2) is 34.9 Å². The molecule has 0 bridgehead atoms. The zero-order chi connectivity index (χ0) is 14.0. The van der Waals surface area contributed by atoms with Crippen molar-refractivity contribution < 1.29 is 14.1 Å². The van der Waals surface area contributed by atoms with Crippen LogP contribution in [0.2, 0.25) is 0 Å². The third-order valence-electron chi connectivity index (χ3n) is 2.33. The molecule has 0 unspecified atom stereocenters. The van der Waals surface area contributed by atoms with Crippen molar-refractivity contribution in [3.05, 3.63) is 56.4 Å². The van der Waals surface area contributed by atoms with E-state index in [0.717, 1.165) is 22.2 Å². The monoisotopic (exact) mass is 326 g/mol. The van der Waals surface area contributed by atoms with Gasteiger partial charge in [-0.3, -0.25) is 10.1 Å². The van der Waals surface area contributed by atoms with Crippen LogP contribution in [0.25, 0.3) is 0 Å². The van der Waals surface area contributed by atoms with Gasteiger partial charge in [-0.1, -0.05) is 0 Å². The smallest absolute Gasteiger partial charge is 0.305 e. The fourth-order valence-electron chi connectivity index (χ4n) is 1.45. The number of ether oxygens (including phenoxy) is 1. The zero-order valence-electron chi connectivity index (χ0n) is 9.76. The lowest BCUT2D eigenvalue weighted by Crippen LogP contribution is -1.95. The number of nitro groups is 1. The van der Waals surface area contributed by atoms with Crippen LogP contribution in [0.1, 0.15) is 5.56 Å². The van der Waals surface area contributed by atoms with Gasteiger partial charge in [0.05, 0.1) is 4.92 Å². The highest BCUT2D eigenvalue weighted by atomic mass is 79.9. The molecule has 0 saturated carbocycles. The van der Waals surface area contributed by atoms with E-state index < -0.39 is 16.4 Å². The molecule has 98 valence electrons. The Kier molecular flexibility index (Phi) is 3.75. The summed E-state index contributed by atoms with van der Waals surface area (Å²) in [6.07, 6.45) is 1.55. The summed E-state index contributed by atoms with van der Waals surface area (Å²) in [5, 5.41) is 10.5. The van der Waals surface area contributed by atoms with E-state index in [9.17, 15) is 14.5 Å². The van der Waals surface area contributed by atoms with E-state index in [2.05, 4.69) is 20.9 Å². The van der Waals surface area contributed by atoms with Crippen molar-refractivity contribution in [2.24, 2.45) is 0 Å². The average molecular weight is 327 g/mol. The molecule has 0 saturated heterocycles. The molecule has 0 atom stereocenters. The molecule has 0 aliphatic rings. The summed E-state index contributed by atoms with van der Waals surface area (Å²) in [6.45, 7) is 1.79. The van der Waals surface area contributed by atoms with Crippen molar-refractivity contribution in [3.63, 3.8) is 0 Å². The van der Waals surface area contributed by atoms with Gasteiger partial charge >= 0.3 is 5.69 Å². The predicted octanol–water partition coefficient (Wildman–Crippen LogP) is 3.99. The first-order valence-corrected chi connectivity index (χ1v) is 6.00. The number of nitrogens with zero attached hydrogens (tertiary/aromatic N) is 2. The number of benzene rings is 1. The van der Waals surface area contributed by atoms with E-state index >= 15 is 0 Å². The summed E-state index contributed by atoms with van der Waals surface area (Å²) >= 11 is 3.27. The average Bonchev–Trinajstić information content (AvgIpc) is 2.32. The molecule has 19 heavy (non-hydrogen) atoms. The van der Waals surface area contributed by atoms with E-state index in [1.165, 1.54) is 6.07 Å². The topological polar surface area (TPSA) is 65.3 Å². The maximum absolute atomic E-state index is 13.4. The largest absolute Gasteiger partial charge is 0.439 e. The molecule has 5 nitrogen and oxygen atoms in total. The van der Waals surface area contributed by atoms with Crippen LogP contribution < -0.4 is 4.74 Å². The summed E-state index contributed by atoms with van der Waals surface area (Å²) in [5.74, 6) is -0.477. The fourth-order valence-corrected chi connectivity index (χ4v) is 1.89. The molecule has 2 rings (SSSR count). The molecule has 0 N–H and O–H groups in total. The molecule has 1 heterocycles. The number of pyridine rings is 1. The number of aromatic nitrogens is 1. The van der Waals surface area contributed by atoms with Gasteiger partial charge in [-0.15, -0.1) is 0 Å². The van der Waals surface area contributed by atoms with E-state index in [-0.39, 0.29) is 5.75 Å². The Morgan fingerprint density at radius 2 is 2.16 bits per heavy atom. The van der Waals surface area contributed by atoms with Crippen LogP contribution in [0.4, 0.5) is 10.1 Å². The summed E-state index contributed by atoms with van der Waals surface area (Å²) < 4.78 is 19.6. The highest BCUT2D eigenvalue weighted by Crippen LogP contribution is 2.28. The highest BCUT2D eigenvalue weighted by Gasteiger charge is 2.15. The zero-order valence-corrected chi connectivity index (χ0v) is 11.3. The van der Waals surface area contributed by atoms with Gasteiger partial charge in [-0.25, -0.2) is 4.98 Å². The first-order chi connectivity index (χ1) is 8.97. The van der Waals surface area contributed by atoms with Crippen LogP contribution in [-0.2, 0) is 0 Å². The van der Waals surface area contributed by atoms with Gasteiger partial charge in [0.2, 0.25) is 11.7 Å². The van der Waals surface area contributed by atoms with Gasteiger partial charge in [-0.2, -0.15) is 4.39 Å². The Morgan fingerprint density at radius 3 is 2.74 bits per heavy atom. The number of rotatable bonds is 3. The Bertz CT molecular complexity index is 649. The van der Waals surface area contributed by atoms with Gasteiger partial charge in [-0.05, 0) is 35.0 Å². The summed E-state index contributed by atoms with van der Waals surface area (Å²) in [7, 11) is 0. The second kappa shape index (κ2) is 5.31. The minimum atomic E-state index is -0.947. The molecule has 0 radical (unpaired) electrons. The molecular weight excluding hydrogens is 319 g/mol. The second-order valence-electron chi connectivity index (χ2n) is 3.75. The lowest BCUT2D eigenvalue weighted by atomic mass is 10.3. The number of nitro benzene ring substituents is 1. The van der Waals surface area contributed by atoms with Gasteiger partial charge in [0, 0.05) is 28.4 Å². The Labute approximate surface area is 116 Å². The Balaban J connectivity index is 2.29. The summed E-state index contributed by atoms with van der Waals surface area (Å²) in [4.78, 5) is 13.7. The maximum Gasteiger partial charge on any atom is 0.305 e. The van der Waals surface area contributed by atoms with Gasteiger partial charge < -0.3 is 4.74 Å². The molecule has 0 fully saturated rings. The van der Waals surface area contributed by atoms with Gasteiger partial charge in [0.25, 0.3) is 0 Å². The predicted molar refractivity (Wildman–Crippen MR) is 69.8 cm³/mol. The van der Waals surface area contributed by atoms with Crippen molar-refractivity contribution in [3.8, 4) is 11.6 Å². The van der Waals surface area contributed by atoms with Crippen LogP contribution in [-0.4, -0.2) is 9.91 Å². The second-order valence-corrected chi connectivity index (χ2v) is 4.66. The van der Waals surface area contributed by atoms with Crippen molar-refractivity contribution in [1.29, 1.82) is 0 Å². The molecule has 7 heteroatoms. The summed E-state index contributed by atoms with van der Waals surface area (Å²) in [5.41, 5.74) is 0.168. The van der Waals surface area contributed by atoms with E-state index in [4.69, 9.17) is 4.74 Å². The minimum Gasteiger partial charge on any atom is -0.439 e. The van der Waals surface area contributed by atoms with Crippen LogP contribution in [0, 0.1) is 22.9 Å². The molecule has 1 aromatic carbocycles. The third-order valence-corrected chi connectivity index (χ3v) is 2.76. The number of hydrogen-bond donors (Lipinski definition) is 0. The van der Waals surface area contributed by atoms with Crippen molar-refractivity contribution in [2.45, 2.75) is 6.92 Å². The molecule has 0 aliphatic carbocycles. The lowest BCUT2D eigenvalue weighted by Gasteiger charge is -2.07. The standard InChI is InChI=1S/C12H8BrFN2O3/c1-7-4-8(13)6-15-12(7)19-9-2-3-11(16(17)18)10(14)5-9/h2-6H,1H3. The SMILES string of the molecule is Cc1cc(Br)cnc1Oc1ccc([N+](=O)[O-])c(F)c1.